The molecule has 0 radical (unpaired) electrons. The normalized spacial score (nSPS) is 11.9. The Morgan fingerprint density at radius 2 is 1.00 bits per heavy atom. The van der Waals surface area contributed by atoms with E-state index in [0.717, 1.165) is 49.0 Å². The van der Waals surface area contributed by atoms with E-state index in [1.807, 2.05) is 65.9 Å². The number of thiophene rings is 1. The topological polar surface area (TPSA) is 56.7 Å². The van der Waals surface area contributed by atoms with Crippen molar-refractivity contribution in [3.63, 3.8) is 0 Å². The summed E-state index contributed by atoms with van der Waals surface area (Å²) in [6.07, 6.45) is 0. The van der Waals surface area contributed by atoms with Crippen LogP contribution in [0.15, 0.2) is 186 Å². The van der Waals surface area contributed by atoms with Crippen molar-refractivity contribution in [2.75, 3.05) is 0 Å². The summed E-state index contributed by atoms with van der Waals surface area (Å²) in [4.78, 5) is 15.5. The second-order valence-corrected chi connectivity index (χ2v) is 15.4. The Labute approximate surface area is 330 Å². The van der Waals surface area contributed by atoms with E-state index in [2.05, 4.69) is 132 Å². The van der Waals surface area contributed by atoms with Gasteiger partial charge in [-0.25, -0.2) is 15.0 Å². The first-order chi connectivity index (χ1) is 28.2. The van der Waals surface area contributed by atoms with Crippen molar-refractivity contribution in [1.29, 1.82) is 0 Å². The number of benzene rings is 8. The second kappa shape index (κ2) is 12.6. The van der Waals surface area contributed by atoms with Crippen molar-refractivity contribution in [3.05, 3.63) is 182 Å². The summed E-state index contributed by atoms with van der Waals surface area (Å²) >= 11 is 1.82. The monoisotopic (exact) mass is 746 g/mol. The van der Waals surface area contributed by atoms with Gasteiger partial charge in [0.1, 0.15) is 11.2 Å². The molecule has 0 atom stereocenters. The van der Waals surface area contributed by atoms with Crippen LogP contribution in [-0.2, 0) is 0 Å². The van der Waals surface area contributed by atoms with Crippen LogP contribution in [0, 0.1) is 0 Å². The molecule has 8 aromatic carbocycles. The van der Waals surface area contributed by atoms with Crippen LogP contribution in [0.1, 0.15) is 0 Å². The fourth-order valence-electron chi connectivity index (χ4n) is 8.41. The molecule has 12 aromatic rings. The highest BCUT2D eigenvalue weighted by Gasteiger charge is 2.21. The van der Waals surface area contributed by atoms with Crippen LogP contribution >= 0.6 is 11.3 Å². The molecule has 5 nitrogen and oxygen atoms in total. The predicted molar refractivity (Wildman–Crippen MR) is 236 cm³/mol. The Bertz CT molecular complexity index is 3510. The first-order valence-corrected chi connectivity index (χ1v) is 19.8. The lowest BCUT2D eigenvalue weighted by molar-refractivity contribution is 0.669. The lowest BCUT2D eigenvalue weighted by atomic mass is 10.0. The zero-order valence-electron chi connectivity index (χ0n) is 30.4. The van der Waals surface area contributed by atoms with E-state index in [9.17, 15) is 0 Å². The van der Waals surface area contributed by atoms with Crippen LogP contribution in [0.3, 0.4) is 0 Å². The molecular weight excluding hydrogens is 717 g/mol. The van der Waals surface area contributed by atoms with Gasteiger partial charge in [-0.1, -0.05) is 127 Å². The fraction of sp³-hybridized carbons (Fsp3) is 0. The predicted octanol–water partition coefficient (Wildman–Crippen LogP) is 13.9. The molecule has 0 aliphatic carbocycles. The molecule has 12 rings (SSSR count). The van der Waals surface area contributed by atoms with Crippen molar-refractivity contribution in [3.8, 4) is 51.0 Å². The number of rotatable bonds is 5. The number of aromatic nitrogens is 4. The molecule has 0 amide bonds. The summed E-state index contributed by atoms with van der Waals surface area (Å²) in [5, 5.41) is 7.03. The molecule has 4 aromatic heterocycles. The minimum absolute atomic E-state index is 0.598. The first-order valence-electron chi connectivity index (χ1n) is 19.0. The van der Waals surface area contributed by atoms with Gasteiger partial charge in [-0.2, -0.15) is 0 Å². The lowest BCUT2D eigenvalue weighted by Gasteiger charge is -2.09. The van der Waals surface area contributed by atoms with Gasteiger partial charge in [0.2, 0.25) is 0 Å². The maximum atomic E-state index is 6.29. The Hall–Kier alpha value is -7.41. The second-order valence-electron chi connectivity index (χ2n) is 14.4. The highest BCUT2D eigenvalue weighted by Crippen LogP contribution is 2.46. The highest BCUT2D eigenvalue weighted by molar-refractivity contribution is 7.27. The third kappa shape index (κ3) is 5.04. The van der Waals surface area contributed by atoms with E-state index in [4.69, 9.17) is 19.4 Å². The Balaban J connectivity index is 1.11. The van der Waals surface area contributed by atoms with Gasteiger partial charge in [-0.3, -0.25) is 0 Å². The third-order valence-electron chi connectivity index (χ3n) is 11.1. The van der Waals surface area contributed by atoms with Crippen LogP contribution < -0.4 is 0 Å². The number of fused-ring (bicyclic) bond motifs is 10. The number of para-hydroxylation sites is 2. The van der Waals surface area contributed by atoms with Crippen molar-refractivity contribution in [1.82, 2.24) is 19.5 Å². The number of nitrogens with zero attached hydrogens (tertiary/aromatic N) is 4. The average molecular weight is 747 g/mol. The smallest absolute Gasteiger partial charge is 0.165 e. The van der Waals surface area contributed by atoms with Gasteiger partial charge in [0.25, 0.3) is 0 Å². The van der Waals surface area contributed by atoms with E-state index < -0.39 is 0 Å². The molecule has 0 unspecified atom stereocenters. The SMILES string of the molecule is c1ccc(-c2ccc3c(c2)c2c4sc5c(-c6nc(-c7ccccc7)nc(-c7ccc8c(c7)oc7ccccc78)n6)cccc5c4ccc2n3-c2ccccc2)cc1. The maximum absolute atomic E-state index is 6.29. The molecule has 0 bridgehead atoms. The van der Waals surface area contributed by atoms with Crippen molar-refractivity contribution in [2.45, 2.75) is 0 Å². The minimum Gasteiger partial charge on any atom is -0.456 e. The molecule has 0 spiro atoms. The van der Waals surface area contributed by atoms with Crippen LogP contribution in [-0.4, -0.2) is 19.5 Å². The third-order valence-corrected chi connectivity index (χ3v) is 12.3. The lowest BCUT2D eigenvalue weighted by Crippen LogP contribution is -2.00. The number of hydrogen-bond acceptors (Lipinski definition) is 5. The minimum atomic E-state index is 0.598. The fourth-order valence-corrected chi connectivity index (χ4v) is 9.77. The summed E-state index contributed by atoms with van der Waals surface area (Å²) in [5.74, 6) is 1.86. The zero-order chi connectivity index (χ0) is 37.5. The maximum Gasteiger partial charge on any atom is 0.165 e. The summed E-state index contributed by atoms with van der Waals surface area (Å²) in [6.45, 7) is 0. The van der Waals surface area contributed by atoms with Gasteiger partial charge in [0.05, 0.1) is 11.0 Å². The molecular formula is C51H30N4OS. The Kier molecular flexibility index (Phi) is 7.03. The summed E-state index contributed by atoms with van der Waals surface area (Å²) in [6, 6.07) is 63.8. The highest BCUT2D eigenvalue weighted by atomic mass is 32.1. The number of furan rings is 1. The molecule has 4 heterocycles. The molecule has 57 heavy (non-hydrogen) atoms. The standard InChI is InChI=1S/C51H30N4OS/c1-4-13-31(14-5-1)33-24-27-42-41(29-33)46-43(55(42)35-17-8-3-9-18-35)28-26-39-38-20-12-21-40(47(38)57-48(39)46)51-53-49(32-15-6-2-7-16-32)52-50(54-51)34-23-25-37-36-19-10-11-22-44(36)56-45(37)30-34/h1-30H. The van der Waals surface area contributed by atoms with Crippen molar-refractivity contribution in [2.24, 2.45) is 0 Å². The average Bonchev–Trinajstić information content (AvgIpc) is 3.96. The van der Waals surface area contributed by atoms with Crippen LogP contribution in [0.2, 0.25) is 0 Å². The molecule has 0 saturated heterocycles. The van der Waals surface area contributed by atoms with E-state index in [0.29, 0.717) is 17.5 Å². The van der Waals surface area contributed by atoms with E-state index in [1.54, 1.807) is 0 Å². The summed E-state index contributed by atoms with van der Waals surface area (Å²) in [5.41, 5.74) is 10.3. The molecule has 0 saturated carbocycles. The Morgan fingerprint density at radius 3 is 1.82 bits per heavy atom. The van der Waals surface area contributed by atoms with Gasteiger partial charge >= 0.3 is 0 Å². The van der Waals surface area contributed by atoms with Gasteiger partial charge in [-0.15, -0.1) is 11.3 Å². The Morgan fingerprint density at radius 1 is 0.386 bits per heavy atom. The first kappa shape index (κ1) is 31.9. The van der Waals surface area contributed by atoms with E-state index >= 15 is 0 Å². The molecule has 6 heteroatoms. The quantitative estimate of drug-likeness (QED) is 0.176. The van der Waals surface area contributed by atoms with Gasteiger partial charge < -0.3 is 8.98 Å². The number of hydrogen-bond donors (Lipinski definition) is 0. The van der Waals surface area contributed by atoms with Crippen LogP contribution in [0.5, 0.6) is 0 Å². The molecule has 266 valence electrons. The van der Waals surface area contributed by atoms with Gasteiger partial charge in [0.15, 0.2) is 17.5 Å². The summed E-state index contributed by atoms with van der Waals surface area (Å²) < 4.78 is 11.1. The largest absolute Gasteiger partial charge is 0.456 e. The van der Waals surface area contributed by atoms with Crippen LogP contribution in [0.25, 0.3) is 115 Å². The molecule has 0 fully saturated rings. The van der Waals surface area contributed by atoms with Gasteiger partial charge in [-0.05, 0) is 65.7 Å². The molecule has 0 aliphatic heterocycles. The zero-order valence-corrected chi connectivity index (χ0v) is 31.2. The van der Waals surface area contributed by atoms with Gasteiger partial charge in [0, 0.05) is 64.1 Å². The van der Waals surface area contributed by atoms with Crippen LogP contribution in [0.4, 0.5) is 0 Å². The summed E-state index contributed by atoms with van der Waals surface area (Å²) in [7, 11) is 0. The van der Waals surface area contributed by atoms with Crippen molar-refractivity contribution < 1.29 is 4.42 Å². The van der Waals surface area contributed by atoms with E-state index in [-0.39, 0.29) is 0 Å². The molecule has 0 aliphatic rings. The van der Waals surface area contributed by atoms with Crippen molar-refractivity contribution >= 4 is 75.3 Å². The van der Waals surface area contributed by atoms with E-state index in [1.165, 1.54) is 48.4 Å². The molecule has 0 N–H and O–H groups in total.